The molecule has 0 unspecified atom stereocenters. The van der Waals surface area contributed by atoms with Gasteiger partial charge in [0, 0.05) is 12.8 Å². The van der Waals surface area contributed by atoms with Gasteiger partial charge in [0.05, 0.1) is 19.3 Å². The minimum absolute atomic E-state index is 0.0645. The largest absolute Gasteiger partial charge is 0.508 e. The van der Waals surface area contributed by atoms with E-state index in [1.165, 1.54) is 18.2 Å². The van der Waals surface area contributed by atoms with Crippen molar-refractivity contribution in [2.45, 2.75) is 32.0 Å². The van der Waals surface area contributed by atoms with Crippen LogP contribution >= 0.6 is 0 Å². The molecule has 0 bridgehead atoms. The number of phenolic OH excluding ortho intramolecular Hbond substituents is 1. The minimum Gasteiger partial charge on any atom is -0.508 e. The quantitative estimate of drug-likeness (QED) is 0.423. The van der Waals surface area contributed by atoms with Gasteiger partial charge in [0.2, 0.25) is 0 Å². The van der Waals surface area contributed by atoms with Crippen LogP contribution in [0.3, 0.4) is 0 Å². The third-order valence-electron chi connectivity index (χ3n) is 3.09. The van der Waals surface area contributed by atoms with Gasteiger partial charge < -0.3 is 25.2 Å². The number of phenols is 1. The van der Waals surface area contributed by atoms with Crippen molar-refractivity contribution in [3.63, 3.8) is 0 Å². The van der Waals surface area contributed by atoms with E-state index >= 15 is 0 Å². The molecule has 0 heterocycles. The number of hydrogen-bond donors (Lipinski definition) is 4. The molecule has 6 nitrogen and oxygen atoms in total. The van der Waals surface area contributed by atoms with Gasteiger partial charge >= 0.3 is 5.97 Å². The molecule has 0 saturated carbocycles. The summed E-state index contributed by atoms with van der Waals surface area (Å²) < 4.78 is 4.68. The van der Waals surface area contributed by atoms with Crippen LogP contribution in [0.2, 0.25) is 0 Å². The van der Waals surface area contributed by atoms with Crippen LogP contribution in [-0.4, -0.2) is 45.7 Å². The number of benzene rings is 1. The van der Waals surface area contributed by atoms with E-state index in [2.05, 4.69) is 10.5 Å². The lowest BCUT2D eigenvalue weighted by Gasteiger charge is -2.10. The van der Waals surface area contributed by atoms with E-state index in [-0.39, 0.29) is 31.8 Å². The molecule has 1 aromatic rings. The monoisotopic (exact) mass is 322 g/mol. The van der Waals surface area contributed by atoms with Gasteiger partial charge in [0.15, 0.2) is 6.10 Å². The van der Waals surface area contributed by atoms with Gasteiger partial charge in [-0.2, -0.15) is 0 Å². The molecule has 0 radical (unpaired) electrons. The Morgan fingerprint density at radius 3 is 2.74 bits per heavy atom. The van der Waals surface area contributed by atoms with Gasteiger partial charge in [-0.25, -0.2) is 4.79 Å². The van der Waals surface area contributed by atoms with Crippen molar-refractivity contribution in [3.05, 3.63) is 47.2 Å². The lowest BCUT2D eigenvalue weighted by atomic mass is 10.1. The molecule has 126 valence electrons. The predicted molar refractivity (Wildman–Crippen MR) is 83.6 cm³/mol. The third-order valence-corrected chi connectivity index (χ3v) is 3.09. The number of carbonyl (C=O) groups is 1. The van der Waals surface area contributed by atoms with Gasteiger partial charge in [-0.05, 0) is 36.3 Å². The van der Waals surface area contributed by atoms with Crippen molar-refractivity contribution >= 4 is 5.97 Å². The van der Waals surface area contributed by atoms with Crippen LogP contribution in [0.25, 0.3) is 0 Å². The fraction of sp³-hybridized carbons (Fsp3) is 0.412. The van der Waals surface area contributed by atoms with Crippen LogP contribution in [0.1, 0.15) is 31.4 Å². The average molecular weight is 322 g/mol. The van der Waals surface area contributed by atoms with Gasteiger partial charge in [-0.1, -0.05) is 12.1 Å². The van der Waals surface area contributed by atoms with E-state index in [0.29, 0.717) is 11.1 Å². The Kier molecular flexibility index (Phi) is 8.08. The van der Waals surface area contributed by atoms with Crippen molar-refractivity contribution in [1.82, 2.24) is 0 Å². The predicted octanol–water partition coefficient (Wildman–Crippen LogP) is 1.20. The maximum atomic E-state index is 11.3. The number of aliphatic hydroxyl groups excluding tert-OH is 3. The number of rotatable bonds is 8. The van der Waals surface area contributed by atoms with E-state index in [4.69, 9.17) is 0 Å². The zero-order valence-corrected chi connectivity index (χ0v) is 13.0. The summed E-state index contributed by atoms with van der Waals surface area (Å²) in [7, 11) is 0. The Morgan fingerprint density at radius 2 is 2.13 bits per heavy atom. The molecule has 1 rings (SSSR count). The highest BCUT2D eigenvalue weighted by Gasteiger charge is 2.17. The molecule has 0 aliphatic rings. The second kappa shape index (κ2) is 9.82. The van der Waals surface area contributed by atoms with Gasteiger partial charge in [-0.3, -0.25) is 0 Å². The van der Waals surface area contributed by atoms with E-state index in [0.717, 1.165) is 0 Å². The third kappa shape index (κ3) is 6.67. The molecule has 4 N–H and O–H groups in total. The molecular weight excluding hydrogens is 300 g/mol. The van der Waals surface area contributed by atoms with Crippen molar-refractivity contribution in [1.29, 1.82) is 0 Å². The maximum Gasteiger partial charge on any atom is 0.335 e. The summed E-state index contributed by atoms with van der Waals surface area (Å²) in [5.41, 5.74) is 3.65. The summed E-state index contributed by atoms with van der Waals surface area (Å²) in [4.78, 5) is 11.3. The molecule has 0 saturated heterocycles. The number of esters is 1. The molecule has 23 heavy (non-hydrogen) atoms. The first-order valence-corrected chi connectivity index (χ1v) is 7.33. The first-order valence-electron chi connectivity index (χ1n) is 7.33. The molecule has 2 atom stereocenters. The van der Waals surface area contributed by atoms with Crippen LogP contribution < -0.4 is 0 Å². The Hall–Kier alpha value is -2.11. The summed E-state index contributed by atoms with van der Waals surface area (Å²) in [6.07, 6.45) is -0.548. The lowest BCUT2D eigenvalue weighted by molar-refractivity contribution is -0.152. The first-order chi connectivity index (χ1) is 11.0. The van der Waals surface area contributed by atoms with E-state index in [1.54, 1.807) is 19.1 Å². The van der Waals surface area contributed by atoms with Crippen molar-refractivity contribution in [2.75, 3.05) is 13.2 Å². The number of hydrogen-bond acceptors (Lipinski definition) is 6. The van der Waals surface area contributed by atoms with Crippen LogP contribution in [0.4, 0.5) is 0 Å². The van der Waals surface area contributed by atoms with E-state index in [9.17, 15) is 25.2 Å². The Morgan fingerprint density at radius 1 is 1.39 bits per heavy atom. The SMILES string of the molecule is CCOC(=O)[C@H](O)CC(=C=CC[C@@H](O)c1cccc(O)c1)CO. The highest BCUT2D eigenvalue weighted by atomic mass is 16.5. The highest BCUT2D eigenvalue weighted by Crippen LogP contribution is 2.21. The number of aromatic hydroxyl groups is 1. The van der Waals surface area contributed by atoms with E-state index in [1.807, 2.05) is 0 Å². The zero-order chi connectivity index (χ0) is 17.2. The fourth-order valence-electron chi connectivity index (χ4n) is 1.91. The van der Waals surface area contributed by atoms with E-state index < -0.39 is 18.2 Å². The highest BCUT2D eigenvalue weighted by molar-refractivity contribution is 5.74. The summed E-state index contributed by atoms with van der Waals surface area (Å²) >= 11 is 0. The summed E-state index contributed by atoms with van der Waals surface area (Å²) in [6.45, 7) is 1.44. The second-order valence-corrected chi connectivity index (χ2v) is 4.93. The Labute approximate surface area is 135 Å². The molecule has 0 aliphatic carbocycles. The molecule has 6 heteroatoms. The second-order valence-electron chi connectivity index (χ2n) is 4.93. The molecular formula is C17H22O6. The summed E-state index contributed by atoms with van der Waals surface area (Å²) in [5, 5.41) is 38.2. The number of aliphatic hydroxyl groups is 3. The number of carbonyl (C=O) groups excluding carboxylic acids is 1. The van der Waals surface area contributed by atoms with Gasteiger partial charge in [-0.15, -0.1) is 5.73 Å². The fourth-order valence-corrected chi connectivity index (χ4v) is 1.91. The van der Waals surface area contributed by atoms with Crippen LogP contribution in [0.15, 0.2) is 41.6 Å². The van der Waals surface area contributed by atoms with Crippen molar-refractivity contribution in [3.8, 4) is 5.75 Å². The number of ether oxygens (including phenoxy) is 1. The molecule has 0 aromatic heterocycles. The van der Waals surface area contributed by atoms with Crippen molar-refractivity contribution in [2.24, 2.45) is 0 Å². The van der Waals surface area contributed by atoms with Crippen molar-refractivity contribution < 1.29 is 30.0 Å². The first kappa shape index (κ1) is 18.9. The Bertz CT molecular complexity index is 574. The molecule has 0 fully saturated rings. The van der Waals surface area contributed by atoms with Gasteiger partial charge in [0.25, 0.3) is 0 Å². The standard InChI is InChI=1S/C17H22O6/c1-2-23-17(22)16(21)9-12(11-18)5-3-8-15(20)13-6-4-7-14(19)10-13/h3-4,6-7,10,15-16,18-21H,2,8-9,11H2,1H3/t5?,15-,16-/m1/s1. The molecule has 1 aromatic carbocycles. The molecule has 0 spiro atoms. The zero-order valence-electron chi connectivity index (χ0n) is 13.0. The Balaban J connectivity index is 2.66. The lowest BCUT2D eigenvalue weighted by Crippen LogP contribution is -2.23. The average Bonchev–Trinajstić information content (AvgIpc) is 2.53. The molecule has 0 aliphatic heterocycles. The minimum atomic E-state index is -1.35. The summed E-state index contributed by atoms with van der Waals surface area (Å²) in [5.74, 6) is -0.685. The van der Waals surface area contributed by atoms with Crippen LogP contribution in [-0.2, 0) is 9.53 Å². The topological polar surface area (TPSA) is 107 Å². The summed E-state index contributed by atoms with van der Waals surface area (Å²) in [6, 6.07) is 6.27. The van der Waals surface area contributed by atoms with Crippen LogP contribution in [0.5, 0.6) is 5.75 Å². The van der Waals surface area contributed by atoms with Crippen LogP contribution in [0, 0.1) is 0 Å². The maximum absolute atomic E-state index is 11.3. The van der Waals surface area contributed by atoms with Gasteiger partial charge in [0.1, 0.15) is 5.75 Å². The normalized spacial score (nSPS) is 12.9. The smallest absolute Gasteiger partial charge is 0.335 e. The molecule has 0 amide bonds.